The minimum Gasteiger partial charge on any atom is -0.229 e. The minimum atomic E-state index is -3.54. The van der Waals surface area contributed by atoms with Crippen molar-refractivity contribution < 1.29 is 16.8 Å². The molecule has 0 aliphatic rings. The number of halogens is 1. The molecule has 8 heteroatoms. The van der Waals surface area contributed by atoms with Gasteiger partial charge in [0.1, 0.15) is 9.84 Å². The highest BCUT2D eigenvalue weighted by Gasteiger charge is 2.21. The molecule has 0 radical (unpaired) electrons. The van der Waals surface area contributed by atoms with Crippen LogP contribution in [0.5, 0.6) is 0 Å². The monoisotopic (exact) mass is 319 g/mol. The van der Waals surface area contributed by atoms with Crippen molar-refractivity contribution >= 4 is 31.5 Å². The fraction of sp³-hybridized carbons (Fsp3) is 1.00. The molecule has 0 amide bonds. The third-order valence-electron chi connectivity index (χ3n) is 2.48. The maximum Gasteiger partial charge on any atom is 0.212 e. The summed E-state index contributed by atoms with van der Waals surface area (Å²) in [5.41, 5.74) is -0.187. The molecule has 0 heterocycles. The fourth-order valence-electron chi connectivity index (χ4n) is 1.27. The Morgan fingerprint density at radius 1 is 1.11 bits per heavy atom. The van der Waals surface area contributed by atoms with E-state index >= 15 is 0 Å². The predicted octanol–water partition coefficient (Wildman–Crippen LogP) is 0.996. The van der Waals surface area contributed by atoms with Crippen LogP contribution < -0.4 is 4.72 Å². The van der Waals surface area contributed by atoms with Crippen LogP contribution in [0.15, 0.2) is 0 Å². The zero-order valence-corrected chi connectivity index (χ0v) is 13.5. The molecule has 0 aliphatic carbocycles. The molecule has 0 saturated carbocycles. The Kier molecular flexibility index (Phi) is 7.13. The molecule has 0 aliphatic heterocycles. The van der Waals surface area contributed by atoms with Crippen LogP contribution in [0.25, 0.3) is 0 Å². The number of rotatable bonds is 9. The topological polar surface area (TPSA) is 80.3 Å². The quantitative estimate of drug-likeness (QED) is 0.643. The van der Waals surface area contributed by atoms with E-state index in [1.54, 1.807) is 0 Å². The minimum absolute atomic E-state index is 0.187. The number of nitrogens with one attached hydrogen (secondary N) is 1. The summed E-state index contributed by atoms with van der Waals surface area (Å²) in [7, 11) is -6.80. The number of sulfone groups is 1. The summed E-state index contributed by atoms with van der Waals surface area (Å²) in [4.78, 5) is 0. The van der Waals surface area contributed by atoms with E-state index in [9.17, 15) is 16.8 Å². The predicted molar refractivity (Wildman–Crippen MR) is 75.2 cm³/mol. The van der Waals surface area contributed by atoms with Gasteiger partial charge in [0, 0.05) is 18.7 Å². The zero-order chi connectivity index (χ0) is 14.4. The molecule has 0 unspecified atom stereocenters. The molecule has 1 N–H and O–H groups in total. The van der Waals surface area contributed by atoms with Gasteiger partial charge < -0.3 is 0 Å². The molecule has 0 aromatic heterocycles. The number of alkyl halides is 1. The lowest BCUT2D eigenvalue weighted by Crippen LogP contribution is -2.36. The Morgan fingerprint density at radius 3 is 2.11 bits per heavy atom. The second-order valence-electron chi connectivity index (χ2n) is 5.23. The van der Waals surface area contributed by atoms with Gasteiger partial charge in [0.25, 0.3) is 0 Å². The Bertz CT molecular complexity index is 442. The lowest BCUT2D eigenvalue weighted by Gasteiger charge is -2.24. The first-order chi connectivity index (χ1) is 7.97. The van der Waals surface area contributed by atoms with Gasteiger partial charge >= 0.3 is 0 Å². The second kappa shape index (κ2) is 7.07. The lowest BCUT2D eigenvalue weighted by molar-refractivity contribution is 0.331. The van der Waals surface area contributed by atoms with Crippen molar-refractivity contribution in [2.75, 3.05) is 30.2 Å². The van der Waals surface area contributed by atoms with Crippen molar-refractivity contribution in [3.63, 3.8) is 0 Å². The standard InChI is InChI=1S/C10H22ClNO4S2/c1-10(2,5-4-6-11)9-12-18(15,16)8-7-17(3,13)14/h12H,4-9H2,1-3H3. The van der Waals surface area contributed by atoms with Gasteiger partial charge in [-0.3, -0.25) is 0 Å². The van der Waals surface area contributed by atoms with E-state index in [0.29, 0.717) is 5.88 Å². The Morgan fingerprint density at radius 2 is 1.67 bits per heavy atom. The van der Waals surface area contributed by atoms with Crippen LogP contribution >= 0.6 is 11.6 Å². The third kappa shape index (κ3) is 10.1. The van der Waals surface area contributed by atoms with Gasteiger partial charge in [0.2, 0.25) is 10.0 Å². The molecule has 110 valence electrons. The van der Waals surface area contributed by atoms with E-state index in [1.807, 2.05) is 13.8 Å². The van der Waals surface area contributed by atoms with Gasteiger partial charge in [0.15, 0.2) is 0 Å². The highest BCUT2D eigenvalue weighted by atomic mass is 35.5. The molecular weight excluding hydrogens is 298 g/mol. The van der Waals surface area contributed by atoms with Crippen molar-refractivity contribution in [1.82, 2.24) is 4.72 Å². The van der Waals surface area contributed by atoms with Gasteiger partial charge in [-0.25, -0.2) is 21.6 Å². The maximum absolute atomic E-state index is 11.6. The molecular formula is C10H22ClNO4S2. The summed E-state index contributed by atoms with van der Waals surface area (Å²) in [6.07, 6.45) is 2.65. The van der Waals surface area contributed by atoms with Crippen LogP contribution in [-0.4, -0.2) is 47.0 Å². The van der Waals surface area contributed by atoms with Crippen LogP contribution in [0.4, 0.5) is 0 Å². The molecule has 0 atom stereocenters. The van der Waals surface area contributed by atoms with Gasteiger partial charge in [-0.2, -0.15) is 0 Å². The number of hydrogen-bond donors (Lipinski definition) is 1. The van der Waals surface area contributed by atoms with Crippen LogP contribution in [0.1, 0.15) is 26.7 Å². The van der Waals surface area contributed by atoms with E-state index in [4.69, 9.17) is 11.6 Å². The smallest absolute Gasteiger partial charge is 0.212 e. The third-order valence-corrected chi connectivity index (χ3v) is 5.28. The highest BCUT2D eigenvalue weighted by molar-refractivity contribution is 7.93. The van der Waals surface area contributed by atoms with Crippen LogP contribution in [0.3, 0.4) is 0 Å². The molecule has 0 spiro atoms. The van der Waals surface area contributed by atoms with Gasteiger partial charge in [-0.1, -0.05) is 13.8 Å². The Hall–Kier alpha value is 0.150. The lowest BCUT2D eigenvalue weighted by atomic mass is 9.88. The molecule has 0 rings (SSSR count). The normalized spacial score (nSPS) is 13.8. The Balaban J connectivity index is 4.26. The molecule has 5 nitrogen and oxygen atoms in total. The highest BCUT2D eigenvalue weighted by Crippen LogP contribution is 2.21. The number of hydrogen-bond acceptors (Lipinski definition) is 4. The fourth-order valence-corrected chi connectivity index (χ4v) is 4.25. The van der Waals surface area contributed by atoms with Crippen LogP contribution in [0.2, 0.25) is 0 Å². The molecule has 18 heavy (non-hydrogen) atoms. The van der Waals surface area contributed by atoms with Crippen molar-refractivity contribution in [1.29, 1.82) is 0 Å². The van der Waals surface area contributed by atoms with Gasteiger partial charge in [-0.15, -0.1) is 11.6 Å². The van der Waals surface area contributed by atoms with Crippen molar-refractivity contribution in [2.45, 2.75) is 26.7 Å². The van der Waals surface area contributed by atoms with E-state index < -0.39 is 25.6 Å². The molecule has 0 aromatic rings. The van der Waals surface area contributed by atoms with Crippen LogP contribution in [-0.2, 0) is 19.9 Å². The van der Waals surface area contributed by atoms with Gasteiger partial charge in [-0.05, 0) is 18.3 Å². The zero-order valence-electron chi connectivity index (χ0n) is 11.1. The molecule has 0 bridgehead atoms. The van der Waals surface area contributed by atoms with Crippen molar-refractivity contribution in [3.8, 4) is 0 Å². The first-order valence-electron chi connectivity index (χ1n) is 5.68. The summed E-state index contributed by atoms with van der Waals surface area (Å²) >= 11 is 5.59. The molecule has 0 aromatic carbocycles. The Labute approximate surface area is 115 Å². The summed E-state index contributed by atoms with van der Waals surface area (Å²) in [5, 5.41) is 0. The maximum atomic E-state index is 11.6. The first-order valence-corrected chi connectivity index (χ1v) is 9.93. The summed E-state index contributed by atoms with van der Waals surface area (Å²) in [5.74, 6) is -0.202. The van der Waals surface area contributed by atoms with E-state index in [2.05, 4.69) is 4.72 Å². The van der Waals surface area contributed by atoms with Crippen molar-refractivity contribution in [3.05, 3.63) is 0 Å². The van der Waals surface area contributed by atoms with Crippen LogP contribution in [0, 0.1) is 5.41 Å². The molecule has 0 fully saturated rings. The summed E-state index contributed by atoms with van der Waals surface area (Å²) in [6.45, 7) is 4.17. The second-order valence-corrected chi connectivity index (χ2v) is 9.79. The first kappa shape index (κ1) is 18.1. The SMILES string of the molecule is CC(C)(CCCCl)CNS(=O)(=O)CCS(C)(=O)=O. The van der Waals surface area contributed by atoms with E-state index in [-0.39, 0.29) is 17.7 Å². The largest absolute Gasteiger partial charge is 0.229 e. The summed E-state index contributed by atoms with van der Waals surface area (Å²) in [6, 6.07) is 0. The van der Waals surface area contributed by atoms with E-state index in [1.165, 1.54) is 0 Å². The summed E-state index contributed by atoms with van der Waals surface area (Å²) < 4.78 is 47.5. The van der Waals surface area contributed by atoms with Gasteiger partial charge in [0.05, 0.1) is 11.5 Å². The average molecular weight is 320 g/mol. The van der Waals surface area contributed by atoms with E-state index in [0.717, 1.165) is 19.1 Å². The molecule has 0 saturated heterocycles. The average Bonchev–Trinajstić information content (AvgIpc) is 2.21. The number of sulfonamides is 1. The van der Waals surface area contributed by atoms with Crippen molar-refractivity contribution in [2.24, 2.45) is 5.41 Å².